The first kappa shape index (κ1) is 17.4. The number of nitrogens with one attached hydrogen (secondary N) is 1. The van der Waals surface area contributed by atoms with Crippen molar-refractivity contribution in [3.8, 4) is 0 Å². The minimum Gasteiger partial charge on any atom is -0.468 e. The van der Waals surface area contributed by atoms with Crippen LogP contribution in [-0.2, 0) is 9.53 Å². The molecule has 2 unspecified atom stereocenters. The Kier molecular flexibility index (Phi) is 6.46. The maximum Gasteiger partial charge on any atom is 0.326 e. The molecule has 0 heterocycles. The molecular formula is C16H32N2O2. The summed E-state index contributed by atoms with van der Waals surface area (Å²) in [4.78, 5) is 14.6. The minimum absolute atomic E-state index is 0.114. The van der Waals surface area contributed by atoms with Crippen molar-refractivity contribution in [1.29, 1.82) is 0 Å². The third-order valence-electron chi connectivity index (χ3n) is 4.26. The lowest BCUT2D eigenvalue weighted by Gasteiger charge is -2.33. The maximum atomic E-state index is 12.1. The van der Waals surface area contributed by atoms with Crippen molar-refractivity contribution in [2.75, 3.05) is 27.2 Å². The molecule has 0 aromatic carbocycles. The predicted molar refractivity (Wildman–Crippen MR) is 82.7 cm³/mol. The van der Waals surface area contributed by atoms with Gasteiger partial charge in [-0.15, -0.1) is 0 Å². The molecule has 1 aliphatic carbocycles. The number of carbonyl (C=O) groups is 1. The Balaban J connectivity index is 2.77. The van der Waals surface area contributed by atoms with E-state index in [-0.39, 0.29) is 5.97 Å². The van der Waals surface area contributed by atoms with E-state index in [2.05, 4.69) is 37.9 Å². The largest absolute Gasteiger partial charge is 0.468 e. The highest BCUT2D eigenvalue weighted by molar-refractivity contribution is 5.81. The van der Waals surface area contributed by atoms with Crippen LogP contribution in [0.15, 0.2) is 0 Å². The molecule has 0 bridgehead atoms. The predicted octanol–water partition coefficient (Wildman–Crippen LogP) is 2.28. The van der Waals surface area contributed by atoms with Gasteiger partial charge >= 0.3 is 5.97 Å². The SMILES string of the molecule is CNC1(C(=O)OC)CCC(N(CC(C)C)CC(C)C)C1. The second-order valence-electron chi connectivity index (χ2n) is 6.96. The summed E-state index contributed by atoms with van der Waals surface area (Å²) in [5.41, 5.74) is -0.481. The van der Waals surface area contributed by atoms with Gasteiger partial charge in [0.1, 0.15) is 5.54 Å². The Bertz CT molecular complexity index is 308. The van der Waals surface area contributed by atoms with Gasteiger partial charge < -0.3 is 10.1 Å². The quantitative estimate of drug-likeness (QED) is 0.728. The number of esters is 1. The molecule has 1 saturated carbocycles. The van der Waals surface area contributed by atoms with E-state index in [9.17, 15) is 4.79 Å². The summed E-state index contributed by atoms with van der Waals surface area (Å²) in [7, 11) is 3.35. The van der Waals surface area contributed by atoms with Crippen molar-refractivity contribution in [2.45, 2.75) is 58.5 Å². The van der Waals surface area contributed by atoms with Crippen molar-refractivity contribution in [3.63, 3.8) is 0 Å². The molecule has 1 N–H and O–H groups in total. The van der Waals surface area contributed by atoms with Gasteiger partial charge in [-0.25, -0.2) is 0 Å². The van der Waals surface area contributed by atoms with Crippen LogP contribution in [0.5, 0.6) is 0 Å². The summed E-state index contributed by atoms with van der Waals surface area (Å²) in [6.07, 6.45) is 2.79. The van der Waals surface area contributed by atoms with Crippen LogP contribution in [0.25, 0.3) is 0 Å². The van der Waals surface area contributed by atoms with Gasteiger partial charge in [0.25, 0.3) is 0 Å². The number of nitrogens with zero attached hydrogens (tertiary/aromatic N) is 1. The van der Waals surface area contributed by atoms with Gasteiger partial charge in [-0.2, -0.15) is 0 Å². The normalized spacial score (nSPS) is 26.8. The van der Waals surface area contributed by atoms with Gasteiger partial charge in [0, 0.05) is 19.1 Å². The Labute approximate surface area is 124 Å². The van der Waals surface area contributed by atoms with Crippen LogP contribution < -0.4 is 5.32 Å². The average molecular weight is 284 g/mol. The Morgan fingerprint density at radius 3 is 2.25 bits per heavy atom. The second kappa shape index (κ2) is 7.41. The lowest BCUT2D eigenvalue weighted by atomic mass is 9.97. The molecule has 0 radical (unpaired) electrons. The van der Waals surface area contributed by atoms with E-state index in [0.29, 0.717) is 17.9 Å². The molecule has 4 nitrogen and oxygen atoms in total. The molecule has 0 aliphatic heterocycles. The van der Waals surface area contributed by atoms with Crippen LogP contribution in [0.3, 0.4) is 0 Å². The highest BCUT2D eigenvalue weighted by Gasteiger charge is 2.46. The van der Waals surface area contributed by atoms with E-state index in [1.165, 1.54) is 7.11 Å². The van der Waals surface area contributed by atoms with Gasteiger partial charge in [0.2, 0.25) is 0 Å². The first-order valence-corrected chi connectivity index (χ1v) is 7.86. The van der Waals surface area contributed by atoms with E-state index in [4.69, 9.17) is 4.74 Å². The van der Waals surface area contributed by atoms with E-state index in [0.717, 1.165) is 32.4 Å². The zero-order chi connectivity index (χ0) is 15.3. The first-order chi connectivity index (χ1) is 9.34. The number of hydrogen-bond acceptors (Lipinski definition) is 4. The lowest BCUT2D eigenvalue weighted by Crippen LogP contribution is -2.50. The molecule has 0 aromatic rings. The number of carbonyl (C=O) groups excluding carboxylic acids is 1. The molecule has 0 spiro atoms. The molecule has 1 fully saturated rings. The number of rotatable bonds is 7. The Hall–Kier alpha value is -0.610. The number of likely N-dealkylation sites (N-methyl/N-ethyl adjacent to an activating group) is 1. The Morgan fingerprint density at radius 1 is 1.30 bits per heavy atom. The fraction of sp³-hybridized carbons (Fsp3) is 0.938. The number of hydrogen-bond donors (Lipinski definition) is 1. The van der Waals surface area contributed by atoms with Gasteiger partial charge in [-0.1, -0.05) is 27.7 Å². The van der Waals surface area contributed by atoms with E-state index in [1.807, 2.05) is 7.05 Å². The van der Waals surface area contributed by atoms with Crippen LogP contribution >= 0.6 is 0 Å². The van der Waals surface area contributed by atoms with E-state index in [1.54, 1.807) is 0 Å². The molecule has 1 rings (SSSR count). The maximum absolute atomic E-state index is 12.1. The van der Waals surface area contributed by atoms with E-state index < -0.39 is 5.54 Å². The summed E-state index contributed by atoms with van der Waals surface area (Å²) < 4.78 is 5.00. The van der Waals surface area contributed by atoms with Crippen molar-refractivity contribution in [3.05, 3.63) is 0 Å². The summed E-state index contributed by atoms with van der Waals surface area (Å²) in [6.45, 7) is 11.2. The smallest absolute Gasteiger partial charge is 0.326 e. The highest BCUT2D eigenvalue weighted by Crippen LogP contribution is 2.34. The lowest BCUT2D eigenvalue weighted by molar-refractivity contribution is -0.148. The molecule has 0 aromatic heterocycles. The fourth-order valence-electron chi connectivity index (χ4n) is 3.35. The topological polar surface area (TPSA) is 41.6 Å². The third-order valence-corrected chi connectivity index (χ3v) is 4.26. The van der Waals surface area contributed by atoms with Crippen LogP contribution in [0, 0.1) is 11.8 Å². The number of ether oxygens (including phenoxy) is 1. The van der Waals surface area contributed by atoms with Crippen LogP contribution in [0.4, 0.5) is 0 Å². The first-order valence-electron chi connectivity index (χ1n) is 7.86. The van der Waals surface area contributed by atoms with Crippen molar-refractivity contribution >= 4 is 5.97 Å². The van der Waals surface area contributed by atoms with Crippen molar-refractivity contribution < 1.29 is 9.53 Å². The van der Waals surface area contributed by atoms with Gasteiger partial charge in [0.15, 0.2) is 0 Å². The molecular weight excluding hydrogens is 252 g/mol. The van der Waals surface area contributed by atoms with Crippen molar-refractivity contribution in [1.82, 2.24) is 10.2 Å². The Morgan fingerprint density at radius 2 is 1.85 bits per heavy atom. The average Bonchev–Trinajstić information content (AvgIpc) is 2.81. The monoisotopic (exact) mass is 284 g/mol. The molecule has 20 heavy (non-hydrogen) atoms. The summed E-state index contributed by atoms with van der Waals surface area (Å²) in [6, 6.07) is 0.478. The van der Waals surface area contributed by atoms with Gasteiger partial charge in [-0.05, 0) is 38.1 Å². The van der Waals surface area contributed by atoms with Gasteiger partial charge in [-0.3, -0.25) is 9.69 Å². The zero-order valence-corrected chi connectivity index (χ0v) is 14.0. The molecule has 0 amide bonds. The third kappa shape index (κ3) is 4.19. The summed E-state index contributed by atoms with van der Waals surface area (Å²) >= 11 is 0. The zero-order valence-electron chi connectivity index (χ0n) is 14.0. The molecule has 4 heteroatoms. The van der Waals surface area contributed by atoms with Crippen LogP contribution in [0.2, 0.25) is 0 Å². The highest BCUT2D eigenvalue weighted by atomic mass is 16.5. The fourth-order valence-corrected chi connectivity index (χ4v) is 3.35. The molecule has 118 valence electrons. The second-order valence-corrected chi connectivity index (χ2v) is 6.96. The van der Waals surface area contributed by atoms with Gasteiger partial charge in [0.05, 0.1) is 7.11 Å². The standard InChI is InChI=1S/C16H32N2O2/c1-12(2)10-18(11-13(3)4)14-7-8-16(9-14,17-5)15(19)20-6/h12-14,17H,7-11H2,1-6H3. The minimum atomic E-state index is -0.481. The van der Waals surface area contributed by atoms with Crippen LogP contribution in [0.1, 0.15) is 47.0 Å². The summed E-state index contributed by atoms with van der Waals surface area (Å²) in [5, 5.41) is 3.22. The van der Waals surface area contributed by atoms with Crippen LogP contribution in [-0.4, -0.2) is 49.7 Å². The van der Waals surface area contributed by atoms with Crippen molar-refractivity contribution in [2.24, 2.45) is 11.8 Å². The summed E-state index contributed by atoms with van der Waals surface area (Å²) in [5.74, 6) is 1.18. The molecule has 1 aliphatic rings. The molecule has 2 atom stereocenters. The van der Waals surface area contributed by atoms with E-state index >= 15 is 0 Å². The molecule has 0 saturated heterocycles. The number of methoxy groups -OCH3 is 1.